The minimum atomic E-state index is -3.52. The summed E-state index contributed by atoms with van der Waals surface area (Å²) in [6, 6.07) is 7.11. The zero-order chi connectivity index (χ0) is 21.7. The zero-order valence-electron chi connectivity index (χ0n) is 18.1. The van der Waals surface area contributed by atoms with Crippen LogP contribution >= 0.6 is 0 Å². The van der Waals surface area contributed by atoms with Crippen LogP contribution in [-0.2, 0) is 21.4 Å². The molecule has 9 heteroatoms. The first kappa shape index (κ1) is 22.6. The van der Waals surface area contributed by atoms with Gasteiger partial charge in [-0.05, 0) is 30.9 Å². The summed E-state index contributed by atoms with van der Waals surface area (Å²) in [7, 11) is 1.22. The van der Waals surface area contributed by atoms with Gasteiger partial charge in [-0.25, -0.2) is 12.7 Å². The lowest BCUT2D eigenvalue weighted by molar-refractivity contribution is -0.134. The Morgan fingerprint density at radius 1 is 1.20 bits per heavy atom. The normalized spacial score (nSPS) is 20.7. The van der Waals surface area contributed by atoms with E-state index >= 15 is 0 Å². The average Bonchev–Trinajstić information content (AvgIpc) is 3.43. The Morgan fingerprint density at radius 2 is 1.90 bits per heavy atom. The fourth-order valence-electron chi connectivity index (χ4n) is 4.17. The van der Waals surface area contributed by atoms with Gasteiger partial charge in [0.1, 0.15) is 0 Å². The van der Waals surface area contributed by atoms with Gasteiger partial charge < -0.3 is 15.5 Å². The van der Waals surface area contributed by atoms with Gasteiger partial charge in [0, 0.05) is 52.7 Å². The highest BCUT2D eigenvalue weighted by Crippen LogP contribution is 2.27. The predicted molar refractivity (Wildman–Crippen MR) is 118 cm³/mol. The summed E-state index contributed by atoms with van der Waals surface area (Å²) in [5.41, 5.74) is 0.679. The molecule has 1 unspecified atom stereocenters. The minimum Gasteiger partial charge on any atom is -0.352 e. The SMILES string of the molecule is CN=C(NCc1ccccc1S(=O)(=O)N(C)C)NC1CCN(C(=O)C2CCCC2)C1. The Balaban J connectivity index is 1.57. The number of sulfonamides is 1. The summed E-state index contributed by atoms with van der Waals surface area (Å²) >= 11 is 0. The minimum absolute atomic E-state index is 0.141. The van der Waals surface area contributed by atoms with Crippen molar-refractivity contribution in [2.24, 2.45) is 10.9 Å². The van der Waals surface area contributed by atoms with Gasteiger partial charge in [-0.3, -0.25) is 9.79 Å². The average molecular weight is 436 g/mol. The van der Waals surface area contributed by atoms with Gasteiger partial charge in [0.2, 0.25) is 15.9 Å². The van der Waals surface area contributed by atoms with Gasteiger partial charge in [0.05, 0.1) is 4.90 Å². The molecule has 1 heterocycles. The first-order chi connectivity index (χ1) is 14.3. The van der Waals surface area contributed by atoms with Gasteiger partial charge in [-0.1, -0.05) is 31.0 Å². The van der Waals surface area contributed by atoms with Crippen molar-refractivity contribution < 1.29 is 13.2 Å². The fourth-order valence-corrected chi connectivity index (χ4v) is 5.29. The van der Waals surface area contributed by atoms with E-state index < -0.39 is 10.0 Å². The molecule has 30 heavy (non-hydrogen) atoms. The van der Waals surface area contributed by atoms with Crippen molar-refractivity contribution >= 4 is 21.9 Å². The van der Waals surface area contributed by atoms with E-state index in [-0.39, 0.29) is 16.9 Å². The fraction of sp³-hybridized carbons (Fsp3) is 0.619. The molecule has 1 amide bonds. The van der Waals surface area contributed by atoms with Crippen LogP contribution in [0.1, 0.15) is 37.7 Å². The van der Waals surface area contributed by atoms with E-state index in [4.69, 9.17) is 0 Å². The number of amides is 1. The first-order valence-electron chi connectivity index (χ1n) is 10.6. The van der Waals surface area contributed by atoms with Gasteiger partial charge >= 0.3 is 0 Å². The third kappa shape index (κ3) is 5.13. The van der Waals surface area contributed by atoms with Gasteiger partial charge in [0.25, 0.3) is 0 Å². The van der Waals surface area contributed by atoms with Crippen LogP contribution in [0.2, 0.25) is 0 Å². The lowest BCUT2D eigenvalue weighted by Crippen LogP contribution is -2.45. The number of nitrogens with zero attached hydrogens (tertiary/aromatic N) is 3. The van der Waals surface area contributed by atoms with Crippen LogP contribution in [-0.4, -0.2) is 69.8 Å². The van der Waals surface area contributed by atoms with E-state index in [2.05, 4.69) is 15.6 Å². The number of aliphatic imine (C=N–C) groups is 1. The lowest BCUT2D eigenvalue weighted by Gasteiger charge is -2.22. The van der Waals surface area contributed by atoms with Crippen molar-refractivity contribution in [2.45, 2.75) is 49.6 Å². The summed E-state index contributed by atoms with van der Waals surface area (Å²) < 4.78 is 26.4. The molecule has 1 aromatic carbocycles. The quantitative estimate of drug-likeness (QED) is 0.520. The Kier molecular flexibility index (Phi) is 7.36. The molecule has 0 spiro atoms. The summed E-state index contributed by atoms with van der Waals surface area (Å²) in [5.74, 6) is 1.10. The van der Waals surface area contributed by atoms with Gasteiger partial charge in [-0.2, -0.15) is 0 Å². The molecule has 1 aromatic rings. The molecule has 8 nitrogen and oxygen atoms in total. The van der Waals surface area contributed by atoms with Crippen LogP contribution in [0.15, 0.2) is 34.2 Å². The molecular formula is C21H33N5O3S. The predicted octanol–water partition coefficient (Wildman–Crippen LogP) is 1.39. The number of nitrogens with one attached hydrogen (secondary N) is 2. The molecule has 166 valence electrons. The molecule has 0 bridgehead atoms. The maximum atomic E-state index is 12.6. The van der Waals surface area contributed by atoms with E-state index in [1.54, 1.807) is 25.2 Å². The monoisotopic (exact) mass is 435 g/mol. The van der Waals surface area contributed by atoms with Crippen molar-refractivity contribution in [2.75, 3.05) is 34.2 Å². The molecule has 2 N–H and O–H groups in total. The standard InChI is InChI=1S/C21H33N5O3S/c1-22-21(23-14-17-10-6-7-11-19(17)30(28,29)25(2)3)24-18-12-13-26(15-18)20(27)16-8-4-5-9-16/h6-7,10-11,16,18H,4-5,8-9,12-15H2,1-3H3,(H2,22,23,24). The van der Waals surface area contributed by atoms with Crippen molar-refractivity contribution in [1.29, 1.82) is 0 Å². The molecule has 3 rings (SSSR count). The molecule has 1 aliphatic heterocycles. The van der Waals surface area contributed by atoms with Crippen LogP contribution in [0.5, 0.6) is 0 Å². The first-order valence-corrected chi connectivity index (χ1v) is 12.0. The molecule has 1 aliphatic carbocycles. The van der Waals surface area contributed by atoms with E-state index in [1.807, 2.05) is 11.0 Å². The van der Waals surface area contributed by atoms with Crippen LogP contribution in [0.3, 0.4) is 0 Å². The van der Waals surface area contributed by atoms with Crippen LogP contribution < -0.4 is 10.6 Å². The maximum Gasteiger partial charge on any atom is 0.242 e. The second kappa shape index (κ2) is 9.78. The Morgan fingerprint density at radius 3 is 2.57 bits per heavy atom. The Labute approximate surface area is 179 Å². The van der Waals surface area contributed by atoms with E-state index in [0.717, 1.165) is 38.6 Å². The third-order valence-electron chi connectivity index (χ3n) is 5.95. The van der Waals surface area contributed by atoms with E-state index in [0.29, 0.717) is 30.5 Å². The van der Waals surface area contributed by atoms with Crippen molar-refractivity contribution in [3.63, 3.8) is 0 Å². The molecular weight excluding hydrogens is 402 g/mol. The molecule has 2 fully saturated rings. The highest BCUT2D eigenvalue weighted by molar-refractivity contribution is 7.89. The van der Waals surface area contributed by atoms with E-state index in [9.17, 15) is 13.2 Å². The molecule has 1 atom stereocenters. The molecule has 2 aliphatic rings. The third-order valence-corrected chi connectivity index (χ3v) is 7.86. The smallest absolute Gasteiger partial charge is 0.242 e. The van der Waals surface area contributed by atoms with Gasteiger partial charge in [0.15, 0.2) is 5.96 Å². The largest absolute Gasteiger partial charge is 0.352 e. The topological polar surface area (TPSA) is 94.1 Å². The second-order valence-electron chi connectivity index (χ2n) is 8.22. The lowest BCUT2D eigenvalue weighted by atomic mass is 10.1. The zero-order valence-corrected chi connectivity index (χ0v) is 18.9. The van der Waals surface area contributed by atoms with Crippen LogP contribution in [0.4, 0.5) is 0 Å². The van der Waals surface area contributed by atoms with Gasteiger partial charge in [-0.15, -0.1) is 0 Å². The molecule has 0 radical (unpaired) electrons. The van der Waals surface area contributed by atoms with Crippen LogP contribution in [0.25, 0.3) is 0 Å². The number of guanidine groups is 1. The summed E-state index contributed by atoms with van der Waals surface area (Å²) in [6.45, 7) is 1.79. The number of hydrogen-bond donors (Lipinski definition) is 2. The summed E-state index contributed by atoms with van der Waals surface area (Å²) in [6.07, 6.45) is 5.24. The second-order valence-corrected chi connectivity index (χ2v) is 10.3. The Bertz CT molecular complexity index is 878. The maximum absolute atomic E-state index is 12.6. The molecule has 1 saturated carbocycles. The summed E-state index contributed by atoms with van der Waals surface area (Å²) in [4.78, 5) is 19.2. The highest BCUT2D eigenvalue weighted by atomic mass is 32.2. The highest BCUT2D eigenvalue weighted by Gasteiger charge is 2.32. The molecule has 0 aromatic heterocycles. The number of likely N-dealkylation sites (tertiary alicyclic amines) is 1. The Hall–Kier alpha value is -2.13. The van der Waals surface area contributed by atoms with Crippen molar-refractivity contribution in [3.05, 3.63) is 29.8 Å². The number of rotatable bonds is 6. The molecule has 1 saturated heterocycles. The number of benzene rings is 1. The number of carbonyl (C=O) groups excluding carboxylic acids is 1. The van der Waals surface area contributed by atoms with Crippen molar-refractivity contribution in [3.8, 4) is 0 Å². The number of hydrogen-bond acceptors (Lipinski definition) is 4. The summed E-state index contributed by atoms with van der Waals surface area (Å²) in [5, 5.41) is 6.59. The van der Waals surface area contributed by atoms with E-state index in [1.165, 1.54) is 18.4 Å². The van der Waals surface area contributed by atoms with Crippen LogP contribution in [0, 0.1) is 5.92 Å². The number of carbonyl (C=O) groups is 1. The van der Waals surface area contributed by atoms with Crippen molar-refractivity contribution in [1.82, 2.24) is 19.8 Å².